The maximum Gasteiger partial charge on any atom is 1.00 e. The van der Waals surface area contributed by atoms with Crippen LogP contribution in [0, 0.1) is 6.92 Å². The van der Waals surface area contributed by atoms with Gasteiger partial charge in [-0.15, -0.1) is 0 Å². The Kier molecular flexibility index (Phi) is 15.5. The Balaban J connectivity index is -0.000000114. The summed E-state index contributed by atoms with van der Waals surface area (Å²) in [5, 5.41) is 0. The summed E-state index contributed by atoms with van der Waals surface area (Å²) in [4.78, 5) is 0. The first-order valence-electron chi connectivity index (χ1n) is 2.08. The van der Waals surface area contributed by atoms with Crippen LogP contribution in [-0.2, 0) is 0 Å². The van der Waals surface area contributed by atoms with Crippen LogP contribution in [0.2, 0.25) is 0 Å². The van der Waals surface area contributed by atoms with Crippen molar-refractivity contribution in [2.24, 2.45) is 0 Å². The second-order valence-electron chi connectivity index (χ2n) is 1.11. The average molecular weight is 204 g/mol. The molecule has 0 spiro atoms. The van der Waals surface area contributed by atoms with E-state index in [1.54, 1.807) is 0 Å². The van der Waals surface area contributed by atoms with Crippen molar-refractivity contribution in [1.29, 1.82) is 0 Å². The number of hydrogen-bond donors (Lipinski definition) is 0. The minimum atomic E-state index is -4.07. The molecule has 0 nitrogen and oxygen atoms in total. The largest absolute Gasteiger partial charge is 1.00 e. The maximum absolute atomic E-state index is 10.7. The van der Waals surface area contributed by atoms with Crippen LogP contribution < -0.4 is 51.4 Å². The summed E-state index contributed by atoms with van der Waals surface area (Å²) < 4.78 is 61.2. The third-order valence-corrected chi connectivity index (χ3v) is 0.283. The van der Waals surface area contributed by atoms with Gasteiger partial charge in [-0.25, -0.2) is 0 Å². The van der Waals surface area contributed by atoms with Gasteiger partial charge in [0.05, 0.1) is 0 Å². The van der Waals surface area contributed by atoms with Crippen molar-refractivity contribution in [2.45, 2.75) is 12.6 Å². The van der Waals surface area contributed by atoms with Crippen LogP contribution in [0.25, 0.3) is 0 Å². The molecule has 0 fully saturated rings. The molecule has 8 heteroatoms. The summed E-state index contributed by atoms with van der Waals surface area (Å²) >= 11 is 0. The Morgan fingerprint density at radius 2 is 1.18 bits per heavy atom. The first-order valence-corrected chi connectivity index (χ1v) is 2.08. The zero-order valence-corrected chi connectivity index (χ0v) is 8.88. The van der Waals surface area contributed by atoms with Gasteiger partial charge in [0.25, 0.3) is 0 Å². The van der Waals surface area contributed by atoms with E-state index in [0.29, 0.717) is 0 Å². The molecule has 0 aromatic heterocycles. The molecule has 0 unspecified atom stereocenters. The minimum Gasteiger partial charge on any atom is -0.335 e. The van der Waals surface area contributed by atoms with E-state index in [0.717, 1.165) is 0 Å². The molecule has 62 valence electrons. The van der Waals surface area contributed by atoms with E-state index < -0.39 is 20.1 Å². The van der Waals surface area contributed by atoms with E-state index in [-0.39, 0.29) is 51.4 Å². The van der Waals surface area contributed by atoms with Crippen LogP contribution in [0.3, 0.4) is 0 Å². The fraction of sp³-hybridized carbons (Fsp3) is 0.667. The predicted octanol–water partition coefficient (Wildman–Crippen LogP) is -0.343. The molecule has 0 aliphatic rings. The van der Waals surface area contributed by atoms with Gasteiger partial charge in [-0.05, 0) is 0 Å². The Morgan fingerprint density at radius 1 is 1.09 bits per heavy atom. The molecule has 0 heterocycles. The summed E-state index contributed by atoms with van der Waals surface area (Å²) in [6.45, 7) is 2.63. The number of halogens is 6. The average Bonchev–Trinajstić information content (AvgIpc) is 1.63. The molecule has 0 radical (unpaired) electrons. The first kappa shape index (κ1) is 18.1. The quantitative estimate of drug-likeness (QED) is 0.287. The minimum absolute atomic E-state index is 0. The van der Waals surface area contributed by atoms with Gasteiger partial charge in [0.15, 0.2) is 0 Å². The van der Waals surface area contributed by atoms with Crippen LogP contribution in [-0.4, -0.2) is 13.7 Å². The van der Waals surface area contributed by atoms with Crippen molar-refractivity contribution >= 4 is 7.54 Å². The van der Waals surface area contributed by atoms with Crippen LogP contribution in [0.5, 0.6) is 0 Å². The van der Waals surface area contributed by atoms with E-state index in [1.165, 1.54) is 0 Å². The van der Waals surface area contributed by atoms with Gasteiger partial charge in [0, 0.05) is 0 Å². The molecule has 0 saturated carbocycles. The fourth-order valence-corrected chi connectivity index (χ4v) is 0. The second-order valence-corrected chi connectivity index (χ2v) is 1.11. The molecule has 0 saturated heterocycles. The second kappa shape index (κ2) is 9.37. The molecule has 11 heavy (non-hydrogen) atoms. The van der Waals surface area contributed by atoms with Crippen LogP contribution in [0.4, 0.5) is 26.1 Å². The Bertz CT molecular complexity index is 70.0. The monoisotopic (exact) mass is 204 g/mol. The molecular formula is C3H4BF6K. The van der Waals surface area contributed by atoms with E-state index in [4.69, 9.17) is 0 Å². The molecule has 0 bridgehead atoms. The summed E-state index contributed by atoms with van der Waals surface area (Å²) in [6, 6.07) is 0. The van der Waals surface area contributed by atoms with Gasteiger partial charge >= 0.3 is 65.1 Å². The van der Waals surface area contributed by atoms with E-state index in [2.05, 4.69) is 6.92 Å². The van der Waals surface area contributed by atoms with Gasteiger partial charge in [0.1, 0.15) is 0 Å². The molecule has 0 aromatic rings. The fourth-order valence-electron chi connectivity index (χ4n) is 0. The number of rotatable bonds is 0. The SMILES string of the molecule is FB(F)F.[CH2-]CC(F)(F)F.[K+]. The first-order chi connectivity index (χ1) is 4.29. The number of hydrogen-bond acceptors (Lipinski definition) is 0. The molecular weight excluding hydrogens is 200 g/mol. The van der Waals surface area contributed by atoms with Crippen molar-refractivity contribution in [1.82, 2.24) is 0 Å². The third kappa shape index (κ3) is 53.0. The zero-order valence-electron chi connectivity index (χ0n) is 5.76. The van der Waals surface area contributed by atoms with Crippen LogP contribution in [0.15, 0.2) is 0 Å². The maximum atomic E-state index is 10.7. The van der Waals surface area contributed by atoms with Crippen molar-refractivity contribution in [3.05, 3.63) is 6.92 Å². The van der Waals surface area contributed by atoms with Gasteiger partial charge in [-0.2, -0.15) is 13.2 Å². The molecule has 0 amide bonds. The normalized spacial score (nSPS) is 9.00. The summed E-state index contributed by atoms with van der Waals surface area (Å²) in [7, 11) is -3.67. The molecule has 0 aliphatic carbocycles. The topological polar surface area (TPSA) is 0 Å². The van der Waals surface area contributed by atoms with Gasteiger partial charge in [-0.3, -0.25) is 12.9 Å². The Labute approximate surface area is 103 Å². The Morgan fingerprint density at radius 3 is 1.18 bits per heavy atom. The van der Waals surface area contributed by atoms with Crippen LogP contribution >= 0.6 is 0 Å². The van der Waals surface area contributed by atoms with Gasteiger partial charge in [-0.1, -0.05) is 6.42 Å². The molecule has 0 atom stereocenters. The molecule has 0 rings (SSSR count). The van der Waals surface area contributed by atoms with Crippen molar-refractivity contribution < 1.29 is 77.5 Å². The summed E-state index contributed by atoms with van der Waals surface area (Å²) in [5.41, 5.74) is 0. The van der Waals surface area contributed by atoms with E-state index in [1.807, 2.05) is 0 Å². The van der Waals surface area contributed by atoms with Gasteiger partial charge < -0.3 is 6.92 Å². The Hall–Kier alpha value is 1.28. The smallest absolute Gasteiger partial charge is 0.335 e. The van der Waals surface area contributed by atoms with Crippen LogP contribution in [0.1, 0.15) is 6.42 Å². The van der Waals surface area contributed by atoms with E-state index >= 15 is 0 Å². The zero-order chi connectivity index (χ0) is 8.78. The molecule has 0 aromatic carbocycles. The molecule has 0 aliphatic heterocycles. The standard InChI is InChI=1S/C3H4F3.BF3.K/c1-2-3(4,5)6;2-1(3)4;/h1-2H2;;/q-1;;+1. The van der Waals surface area contributed by atoms with E-state index in [9.17, 15) is 26.1 Å². The van der Waals surface area contributed by atoms with Crippen molar-refractivity contribution in [3.8, 4) is 0 Å². The van der Waals surface area contributed by atoms with Crippen molar-refractivity contribution in [2.75, 3.05) is 0 Å². The third-order valence-electron chi connectivity index (χ3n) is 0.283. The number of alkyl halides is 3. The van der Waals surface area contributed by atoms with Gasteiger partial charge in [0.2, 0.25) is 0 Å². The van der Waals surface area contributed by atoms with Crippen molar-refractivity contribution in [3.63, 3.8) is 0 Å². The summed E-state index contributed by atoms with van der Waals surface area (Å²) in [6.07, 6.45) is -5.05. The predicted molar refractivity (Wildman–Crippen MR) is 25.1 cm³/mol. The summed E-state index contributed by atoms with van der Waals surface area (Å²) in [5.74, 6) is 0. The molecule has 0 N–H and O–H groups in total.